The molecule has 6 nitrogen and oxygen atoms in total. The number of nitrogens with zero attached hydrogens (tertiary/aromatic N) is 1. The number of benzene rings is 3. The highest BCUT2D eigenvalue weighted by atomic mass is 35.5. The average molecular weight is 502 g/mol. The minimum absolute atomic E-state index is 0.158. The predicted molar refractivity (Wildman–Crippen MR) is 137 cm³/mol. The van der Waals surface area contributed by atoms with Crippen molar-refractivity contribution in [2.45, 2.75) is 25.7 Å². The van der Waals surface area contributed by atoms with Crippen molar-refractivity contribution in [3.05, 3.63) is 106 Å². The summed E-state index contributed by atoms with van der Waals surface area (Å²) in [5.74, 6) is -1.07. The third-order valence-electron chi connectivity index (χ3n) is 5.81. The topological polar surface area (TPSA) is 80.8 Å². The summed E-state index contributed by atoms with van der Waals surface area (Å²) in [6.07, 6.45) is 5.02. The van der Waals surface area contributed by atoms with Gasteiger partial charge in [0.25, 0.3) is 11.8 Å². The Morgan fingerprint density at radius 3 is 2.14 bits per heavy atom. The first kappa shape index (κ1) is 25.1. The number of ketones is 1. The molecule has 7 heteroatoms. The van der Waals surface area contributed by atoms with Gasteiger partial charge in [-0.2, -0.15) is 0 Å². The highest BCUT2D eigenvalue weighted by Gasteiger charge is 2.34. The number of fused-ring (bicyclic) bond motifs is 1. The zero-order valence-corrected chi connectivity index (χ0v) is 20.2. The van der Waals surface area contributed by atoms with Crippen molar-refractivity contribution in [3.8, 4) is 5.75 Å². The molecular weight excluding hydrogens is 478 g/mol. The van der Waals surface area contributed by atoms with E-state index in [1.165, 1.54) is 11.0 Å². The molecular formula is C29H24ClNO5. The van der Waals surface area contributed by atoms with Gasteiger partial charge in [0.1, 0.15) is 5.75 Å². The molecule has 0 saturated carbocycles. The molecule has 182 valence electrons. The summed E-state index contributed by atoms with van der Waals surface area (Å²) in [6.45, 7) is 0.304. The number of ether oxygens (including phenoxy) is 1. The normalized spacial score (nSPS) is 12.8. The van der Waals surface area contributed by atoms with Crippen molar-refractivity contribution < 1.29 is 23.9 Å². The molecule has 3 aromatic rings. The maximum absolute atomic E-state index is 12.7. The van der Waals surface area contributed by atoms with E-state index in [2.05, 4.69) is 0 Å². The van der Waals surface area contributed by atoms with Gasteiger partial charge in [0, 0.05) is 18.0 Å². The number of rotatable bonds is 10. The third kappa shape index (κ3) is 5.96. The van der Waals surface area contributed by atoms with Crippen molar-refractivity contribution in [2.24, 2.45) is 0 Å². The molecule has 2 amide bonds. The summed E-state index contributed by atoms with van der Waals surface area (Å²) in [7, 11) is 0. The number of unbranched alkanes of at least 4 members (excludes halogenated alkanes) is 2. The number of carbonyl (C=O) groups excluding carboxylic acids is 4. The number of allylic oxidation sites excluding steroid dienone is 1. The lowest BCUT2D eigenvalue weighted by Crippen LogP contribution is -2.30. The molecule has 0 N–H and O–H groups in total. The molecule has 0 radical (unpaired) electrons. The predicted octanol–water partition coefficient (Wildman–Crippen LogP) is 6.00. The second-order valence-electron chi connectivity index (χ2n) is 8.34. The van der Waals surface area contributed by atoms with E-state index in [1.807, 2.05) is 0 Å². The van der Waals surface area contributed by atoms with Crippen LogP contribution < -0.4 is 4.74 Å². The number of imide groups is 1. The number of amides is 2. The SMILES string of the molecule is O=C(CCCCCN1C(=O)c2ccccc2C1=O)Oc1ccccc1C(=O)/C=C/c1ccc(Cl)cc1. The van der Waals surface area contributed by atoms with E-state index in [-0.39, 0.29) is 29.8 Å². The first-order valence-electron chi connectivity index (χ1n) is 11.7. The summed E-state index contributed by atoms with van der Waals surface area (Å²) in [6, 6.07) is 20.5. The molecule has 0 aliphatic carbocycles. The van der Waals surface area contributed by atoms with Crippen LogP contribution in [0, 0.1) is 0 Å². The second kappa shape index (κ2) is 11.6. The van der Waals surface area contributed by atoms with Crippen molar-refractivity contribution in [3.63, 3.8) is 0 Å². The zero-order chi connectivity index (χ0) is 25.5. The van der Waals surface area contributed by atoms with Gasteiger partial charge in [0.15, 0.2) is 5.78 Å². The average Bonchev–Trinajstić information content (AvgIpc) is 3.13. The molecule has 0 bridgehead atoms. The van der Waals surface area contributed by atoms with E-state index in [1.54, 1.807) is 78.9 Å². The van der Waals surface area contributed by atoms with Crippen molar-refractivity contribution in [2.75, 3.05) is 6.54 Å². The van der Waals surface area contributed by atoms with Gasteiger partial charge in [-0.1, -0.05) is 60.5 Å². The van der Waals surface area contributed by atoms with E-state index in [4.69, 9.17) is 16.3 Å². The first-order valence-corrected chi connectivity index (χ1v) is 12.0. The van der Waals surface area contributed by atoms with Crippen LogP contribution in [-0.2, 0) is 4.79 Å². The fourth-order valence-electron chi connectivity index (χ4n) is 3.93. The van der Waals surface area contributed by atoms with Gasteiger partial charge in [-0.3, -0.25) is 24.1 Å². The molecule has 1 aliphatic rings. The van der Waals surface area contributed by atoms with Crippen LogP contribution in [-0.4, -0.2) is 35.0 Å². The molecule has 3 aromatic carbocycles. The van der Waals surface area contributed by atoms with E-state index < -0.39 is 5.97 Å². The van der Waals surface area contributed by atoms with Crippen LogP contribution in [0.5, 0.6) is 5.75 Å². The van der Waals surface area contributed by atoms with Gasteiger partial charge >= 0.3 is 5.97 Å². The maximum Gasteiger partial charge on any atom is 0.311 e. The second-order valence-corrected chi connectivity index (χ2v) is 8.77. The summed E-state index contributed by atoms with van der Waals surface area (Å²) < 4.78 is 5.46. The number of halogens is 1. The highest BCUT2D eigenvalue weighted by Crippen LogP contribution is 2.23. The molecule has 0 saturated heterocycles. The lowest BCUT2D eigenvalue weighted by atomic mass is 10.1. The minimum atomic E-state index is -0.447. The Kier molecular flexibility index (Phi) is 8.08. The molecule has 36 heavy (non-hydrogen) atoms. The monoisotopic (exact) mass is 501 g/mol. The molecule has 0 unspecified atom stereocenters. The van der Waals surface area contributed by atoms with E-state index in [9.17, 15) is 19.2 Å². The van der Waals surface area contributed by atoms with Gasteiger partial charge < -0.3 is 4.74 Å². The minimum Gasteiger partial charge on any atom is -0.426 e. The van der Waals surface area contributed by atoms with E-state index in [0.717, 1.165) is 5.56 Å². The summed E-state index contributed by atoms with van der Waals surface area (Å²) in [5.41, 5.74) is 1.98. The van der Waals surface area contributed by atoms with Crippen LogP contribution in [0.2, 0.25) is 5.02 Å². The van der Waals surface area contributed by atoms with E-state index in [0.29, 0.717) is 47.5 Å². The standard InChI is InChI=1S/C29H24ClNO5/c30-21-16-13-20(14-17-21)15-18-25(32)24-10-5-6-11-26(24)36-27(33)12-2-1-7-19-31-28(34)22-8-3-4-9-23(22)29(31)35/h3-6,8-11,13-18H,1-2,7,12,19H2/b18-15+. The van der Waals surface area contributed by atoms with Gasteiger partial charge in [0.05, 0.1) is 16.7 Å². The van der Waals surface area contributed by atoms with Crippen LogP contribution in [0.25, 0.3) is 6.08 Å². The Hall–Kier alpha value is -4.03. The summed E-state index contributed by atoms with van der Waals surface area (Å²) >= 11 is 5.88. The number of hydrogen-bond acceptors (Lipinski definition) is 5. The van der Waals surface area contributed by atoms with Gasteiger partial charge in [-0.05, 0) is 60.9 Å². The summed E-state index contributed by atoms with van der Waals surface area (Å²) in [5, 5.41) is 0.610. The van der Waals surface area contributed by atoms with Crippen LogP contribution in [0.15, 0.2) is 78.9 Å². The fourth-order valence-corrected chi connectivity index (χ4v) is 4.05. The van der Waals surface area contributed by atoms with Crippen molar-refractivity contribution >= 4 is 41.2 Å². The lowest BCUT2D eigenvalue weighted by molar-refractivity contribution is -0.134. The molecule has 1 aliphatic heterocycles. The maximum atomic E-state index is 12.7. The molecule has 0 aromatic heterocycles. The number of esters is 1. The van der Waals surface area contributed by atoms with E-state index >= 15 is 0 Å². The van der Waals surface area contributed by atoms with Gasteiger partial charge in [-0.15, -0.1) is 0 Å². The Balaban J connectivity index is 1.24. The molecule has 0 fully saturated rings. The summed E-state index contributed by atoms with van der Waals surface area (Å²) in [4.78, 5) is 51.1. The Morgan fingerprint density at radius 2 is 1.44 bits per heavy atom. The number of carbonyl (C=O) groups is 4. The smallest absolute Gasteiger partial charge is 0.311 e. The van der Waals surface area contributed by atoms with Gasteiger partial charge in [-0.25, -0.2) is 0 Å². The fraction of sp³-hybridized carbons (Fsp3) is 0.172. The Morgan fingerprint density at radius 1 is 0.806 bits per heavy atom. The first-order chi connectivity index (χ1) is 17.4. The number of hydrogen-bond donors (Lipinski definition) is 0. The highest BCUT2D eigenvalue weighted by molar-refractivity contribution is 6.30. The number of para-hydroxylation sites is 1. The van der Waals surface area contributed by atoms with Crippen LogP contribution in [0.3, 0.4) is 0 Å². The van der Waals surface area contributed by atoms with Crippen LogP contribution in [0.4, 0.5) is 0 Å². The van der Waals surface area contributed by atoms with Crippen molar-refractivity contribution in [1.29, 1.82) is 0 Å². The third-order valence-corrected chi connectivity index (χ3v) is 6.07. The molecule has 4 rings (SSSR count). The molecule has 0 atom stereocenters. The zero-order valence-electron chi connectivity index (χ0n) is 19.5. The largest absolute Gasteiger partial charge is 0.426 e. The lowest BCUT2D eigenvalue weighted by Gasteiger charge is -2.13. The van der Waals surface area contributed by atoms with Crippen LogP contribution >= 0.6 is 11.6 Å². The van der Waals surface area contributed by atoms with Crippen LogP contribution in [0.1, 0.15) is 62.3 Å². The Bertz CT molecular complexity index is 1290. The molecule has 0 spiro atoms. The van der Waals surface area contributed by atoms with Gasteiger partial charge in [0.2, 0.25) is 0 Å². The van der Waals surface area contributed by atoms with Crippen molar-refractivity contribution in [1.82, 2.24) is 4.90 Å². The quantitative estimate of drug-likeness (QED) is 0.0850. The Labute approximate surface area is 214 Å². The molecule has 1 heterocycles.